The summed E-state index contributed by atoms with van der Waals surface area (Å²) in [5, 5.41) is 9.94. The van der Waals surface area contributed by atoms with Gasteiger partial charge >= 0.3 is 6.18 Å². The molecular weight excluding hydrogens is 443 g/mol. The molecule has 6 nitrogen and oxygen atoms in total. The lowest BCUT2D eigenvalue weighted by Crippen LogP contribution is -2.53. The number of nitrogens with zero attached hydrogens (tertiary/aromatic N) is 2. The number of benzene rings is 2. The molecule has 0 aromatic heterocycles. The number of carbonyl (C=O) groups is 1. The molecule has 180 valence electrons. The largest absolute Gasteiger partial charge is 0.416 e. The Bertz CT molecular complexity index is 1070. The number of nitrogens with one attached hydrogen (secondary N) is 3. The number of rotatable bonds is 4. The Hall–Kier alpha value is -3.04. The van der Waals surface area contributed by atoms with Crippen molar-refractivity contribution in [3.63, 3.8) is 0 Å². The van der Waals surface area contributed by atoms with Crippen molar-refractivity contribution in [2.24, 2.45) is 0 Å². The maximum atomic E-state index is 13.1. The zero-order valence-electron chi connectivity index (χ0n) is 18.8. The lowest BCUT2D eigenvalue weighted by Gasteiger charge is -2.36. The number of piperazine rings is 1. The van der Waals surface area contributed by atoms with E-state index >= 15 is 0 Å². The summed E-state index contributed by atoms with van der Waals surface area (Å²) in [5.74, 6) is 0.00742. The molecule has 0 saturated carbocycles. The number of carbonyl (C=O) groups excluding carboxylic acids is 1. The standard InChI is InChI=1S/C25H28F3N5O/c26-25(27,28)20-4-1-17(2-5-20)16-32-11-13-33(14-12-32)24(34)23-30-21-6-3-19(15-22(21)31-23)18-7-9-29-10-8-18/h1-7,15,23,29-31H,8-14,16H2. The van der Waals surface area contributed by atoms with Gasteiger partial charge in [0.1, 0.15) is 0 Å². The van der Waals surface area contributed by atoms with Crippen LogP contribution in [0.2, 0.25) is 0 Å². The van der Waals surface area contributed by atoms with Gasteiger partial charge in [-0.3, -0.25) is 9.69 Å². The summed E-state index contributed by atoms with van der Waals surface area (Å²) in [7, 11) is 0. The van der Waals surface area contributed by atoms with E-state index in [2.05, 4.69) is 39.1 Å². The van der Waals surface area contributed by atoms with Crippen LogP contribution < -0.4 is 16.0 Å². The van der Waals surface area contributed by atoms with Crippen molar-refractivity contribution in [1.82, 2.24) is 15.1 Å². The second-order valence-corrected chi connectivity index (χ2v) is 8.96. The minimum absolute atomic E-state index is 0.00742. The maximum Gasteiger partial charge on any atom is 0.416 e. The van der Waals surface area contributed by atoms with E-state index < -0.39 is 17.9 Å². The molecule has 3 heterocycles. The molecule has 1 unspecified atom stereocenters. The van der Waals surface area contributed by atoms with E-state index in [1.54, 1.807) is 0 Å². The van der Waals surface area contributed by atoms with Gasteiger partial charge in [-0.2, -0.15) is 13.2 Å². The van der Waals surface area contributed by atoms with Crippen LogP contribution in [0.5, 0.6) is 0 Å². The third-order valence-corrected chi connectivity index (χ3v) is 6.67. The van der Waals surface area contributed by atoms with Gasteiger partial charge in [-0.1, -0.05) is 24.3 Å². The molecule has 3 N–H and O–H groups in total. The molecule has 1 atom stereocenters. The molecule has 0 bridgehead atoms. The van der Waals surface area contributed by atoms with E-state index in [9.17, 15) is 18.0 Å². The van der Waals surface area contributed by atoms with Crippen LogP contribution >= 0.6 is 0 Å². The average Bonchev–Trinajstić information content (AvgIpc) is 3.28. The van der Waals surface area contributed by atoms with Crippen LogP contribution in [0, 0.1) is 0 Å². The quantitative estimate of drug-likeness (QED) is 0.637. The van der Waals surface area contributed by atoms with E-state index in [0.717, 1.165) is 48.6 Å². The summed E-state index contributed by atoms with van der Waals surface area (Å²) in [6, 6.07) is 11.5. The van der Waals surface area contributed by atoms with E-state index in [1.807, 2.05) is 11.0 Å². The number of amides is 1. The molecule has 1 amide bonds. The van der Waals surface area contributed by atoms with Crippen molar-refractivity contribution < 1.29 is 18.0 Å². The molecule has 3 aliphatic heterocycles. The Morgan fingerprint density at radius 1 is 0.971 bits per heavy atom. The Balaban J connectivity index is 1.14. The highest BCUT2D eigenvalue weighted by atomic mass is 19.4. The summed E-state index contributed by atoms with van der Waals surface area (Å²) in [6.45, 7) is 4.95. The minimum atomic E-state index is -4.32. The molecule has 5 rings (SSSR count). The lowest BCUT2D eigenvalue weighted by molar-refractivity contribution is -0.137. The number of hydrogen-bond acceptors (Lipinski definition) is 5. The summed E-state index contributed by atoms with van der Waals surface area (Å²) in [4.78, 5) is 17.1. The van der Waals surface area contributed by atoms with Crippen LogP contribution in [0.15, 0.2) is 48.5 Å². The zero-order valence-corrected chi connectivity index (χ0v) is 18.8. The highest BCUT2D eigenvalue weighted by molar-refractivity contribution is 5.93. The van der Waals surface area contributed by atoms with Gasteiger partial charge in [0, 0.05) is 39.3 Å². The predicted molar refractivity (Wildman–Crippen MR) is 126 cm³/mol. The number of anilines is 2. The smallest absolute Gasteiger partial charge is 0.356 e. The van der Waals surface area contributed by atoms with Gasteiger partial charge in [0.25, 0.3) is 5.91 Å². The summed E-state index contributed by atoms with van der Waals surface area (Å²) in [6.07, 6.45) is -1.61. The SMILES string of the molecule is O=C(C1Nc2ccc(C3=CCNCC3)cc2N1)N1CCN(Cc2ccc(C(F)(F)F)cc2)CC1. The van der Waals surface area contributed by atoms with Gasteiger partial charge in [-0.15, -0.1) is 0 Å². The first-order valence-electron chi connectivity index (χ1n) is 11.6. The second-order valence-electron chi connectivity index (χ2n) is 8.96. The zero-order chi connectivity index (χ0) is 23.7. The maximum absolute atomic E-state index is 13.1. The van der Waals surface area contributed by atoms with Gasteiger partial charge in [-0.05, 0) is 53.9 Å². The fraction of sp³-hybridized carbons (Fsp3) is 0.400. The molecule has 2 aromatic carbocycles. The van der Waals surface area contributed by atoms with Crippen molar-refractivity contribution in [2.75, 3.05) is 49.9 Å². The summed E-state index contributed by atoms with van der Waals surface area (Å²) < 4.78 is 38.3. The Labute approximate surface area is 196 Å². The van der Waals surface area contributed by atoms with E-state index in [1.165, 1.54) is 23.3 Å². The van der Waals surface area contributed by atoms with Crippen molar-refractivity contribution in [2.45, 2.75) is 25.3 Å². The van der Waals surface area contributed by atoms with E-state index in [-0.39, 0.29) is 5.91 Å². The minimum Gasteiger partial charge on any atom is -0.356 e. The number of fused-ring (bicyclic) bond motifs is 1. The molecular formula is C25H28F3N5O. The molecule has 0 radical (unpaired) electrons. The lowest BCUT2D eigenvalue weighted by atomic mass is 9.99. The molecule has 1 fully saturated rings. The van der Waals surface area contributed by atoms with Crippen LogP contribution in [0.4, 0.5) is 24.5 Å². The fourth-order valence-electron chi connectivity index (χ4n) is 4.71. The van der Waals surface area contributed by atoms with Crippen LogP contribution in [-0.2, 0) is 17.5 Å². The van der Waals surface area contributed by atoms with Crippen LogP contribution in [0.3, 0.4) is 0 Å². The second kappa shape index (κ2) is 9.31. The molecule has 2 aromatic rings. The molecule has 9 heteroatoms. The molecule has 1 saturated heterocycles. The molecule has 3 aliphatic rings. The van der Waals surface area contributed by atoms with Gasteiger partial charge in [-0.25, -0.2) is 0 Å². The first kappa shape index (κ1) is 22.7. The molecule has 0 spiro atoms. The van der Waals surface area contributed by atoms with E-state index in [0.29, 0.717) is 32.7 Å². The van der Waals surface area contributed by atoms with Crippen LogP contribution in [-0.4, -0.2) is 61.1 Å². The van der Waals surface area contributed by atoms with Gasteiger partial charge in [0.15, 0.2) is 6.17 Å². The summed E-state index contributed by atoms with van der Waals surface area (Å²) >= 11 is 0. The highest BCUT2D eigenvalue weighted by Crippen LogP contribution is 2.34. The fourth-order valence-corrected chi connectivity index (χ4v) is 4.71. The first-order chi connectivity index (χ1) is 16.4. The van der Waals surface area contributed by atoms with Crippen molar-refractivity contribution >= 4 is 22.9 Å². The number of halogens is 3. The highest BCUT2D eigenvalue weighted by Gasteiger charge is 2.32. The Morgan fingerprint density at radius 3 is 2.38 bits per heavy atom. The molecule has 34 heavy (non-hydrogen) atoms. The first-order valence-corrected chi connectivity index (χ1v) is 11.6. The Kier molecular flexibility index (Phi) is 6.22. The van der Waals surface area contributed by atoms with Gasteiger partial charge in [0.2, 0.25) is 0 Å². The van der Waals surface area contributed by atoms with Crippen LogP contribution in [0.1, 0.15) is 23.1 Å². The average molecular weight is 472 g/mol. The predicted octanol–water partition coefficient (Wildman–Crippen LogP) is 3.59. The topological polar surface area (TPSA) is 59.6 Å². The molecule has 0 aliphatic carbocycles. The van der Waals surface area contributed by atoms with Crippen molar-refractivity contribution in [1.29, 1.82) is 0 Å². The summed E-state index contributed by atoms with van der Waals surface area (Å²) in [5.41, 5.74) is 4.57. The normalized spacial score (nSPS) is 20.9. The monoisotopic (exact) mass is 471 g/mol. The number of hydrogen-bond donors (Lipinski definition) is 3. The third-order valence-electron chi connectivity index (χ3n) is 6.67. The van der Waals surface area contributed by atoms with Gasteiger partial charge < -0.3 is 20.9 Å². The van der Waals surface area contributed by atoms with E-state index in [4.69, 9.17) is 0 Å². The third kappa shape index (κ3) is 4.90. The van der Waals surface area contributed by atoms with Gasteiger partial charge in [0.05, 0.1) is 16.9 Å². The number of alkyl halides is 3. The van der Waals surface area contributed by atoms with Crippen LogP contribution in [0.25, 0.3) is 5.57 Å². The van der Waals surface area contributed by atoms with Crippen molar-refractivity contribution in [3.8, 4) is 0 Å². The van der Waals surface area contributed by atoms with Crippen molar-refractivity contribution in [3.05, 3.63) is 65.2 Å². The Morgan fingerprint density at radius 2 is 1.71 bits per heavy atom.